The molecule has 2 heterocycles. The number of imide groups is 2. The zero-order valence-corrected chi connectivity index (χ0v) is 17.0. The van der Waals surface area contributed by atoms with Gasteiger partial charge in [-0.15, -0.1) is 0 Å². The number of rotatable bonds is 4. The molecule has 5 amide bonds. The van der Waals surface area contributed by atoms with Crippen LogP contribution in [0, 0.1) is 11.3 Å². The van der Waals surface area contributed by atoms with Crippen molar-refractivity contribution in [3.63, 3.8) is 0 Å². The predicted molar refractivity (Wildman–Crippen MR) is 109 cm³/mol. The molecule has 3 saturated carbocycles. The summed E-state index contributed by atoms with van der Waals surface area (Å²) in [5.41, 5.74) is 6.05. The average Bonchev–Trinajstić information content (AvgIpc) is 3.00. The van der Waals surface area contributed by atoms with Crippen molar-refractivity contribution in [3.05, 3.63) is 29.3 Å². The molecule has 6 rings (SSSR count). The van der Waals surface area contributed by atoms with E-state index in [0.717, 1.165) is 37.0 Å². The van der Waals surface area contributed by atoms with Gasteiger partial charge in [-0.2, -0.15) is 0 Å². The number of nitrogens with one attached hydrogen (secondary N) is 2. The van der Waals surface area contributed by atoms with Crippen molar-refractivity contribution >= 4 is 35.2 Å². The number of hydrogen-bond donors (Lipinski definition) is 3. The largest absolute Gasteiger partial charge is 0.381 e. The molecule has 2 bridgehead atoms. The summed E-state index contributed by atoms with van der Waals surface area (Å²) >= 11 is 0. The van der Waals surface area contributed by atoms with Gasteiger partial charge in [0.1, 0.15) is 6.04 Å². The maximum atomic E-state index is 13.3. The van der Waals surface area contributed by atoms with Crippen LogP contribution >= 0.6 is 0 Å². The number of carbonyl (C=O) groups excluding carboxylic acids is 5. The van der Waals surface area contributed by atoms with Gasteiger partial charge in [-0.3, -0.25) is 34.2 Å². The van der Waals surface area contributed by atoms with Gasteiger partial charge in [-0.05, 0) is 56.6 Å². The summed E-state index contributed by atoms with van der Waals surface area (Å²) in [6.45, 7) is 0. The van der Waals surface area contributed by atoms with Gasteiger partial charge in [0.05, 0.1) is 16.5 Å². The lowest BCUT2D eigenvalue weighted by Crippen LogP contribution is -2.56. The van der Waals surface area contributed by atoms with Gasteiger partial charge in [0.25, 0.3) is 11.8 Å². The van der Waals surface area contributed by atoms with Crippen LogP contribution in [0.25, 0.3) is 0 Å². The van der Waals surface area contributed by atoms with E-state index in [0.29, 0.717) is 11.6 Å². The summed E-state index contributed by atoms with van der Waals surface area (Å²) in [4.78, 5) is 63.4. The summed E-state index contributed by atoms with van der Waals surface area (Å²) in [6, 6.07) is 3.73. The molecular formula is C22H24N4O5. The molecule has 162 valence electrons. The Morgan fingerprint density at radius 3 is 2.52 bits per heavy atom. The molecule has 9 heteroatoms. The van der Waals surface area contributed by atoms with Gasteiger partial charge in [0.15, 0.2) is 0 Å². The molecule has 3 aliphatic carbocycles. The summed E-state index contributed by atoms with van der Waals surface area (Å²) in [5, 5.41) is 5.57. The van der Waals surface area contributed by atoms with Crippen LogP contribution in [0.3, 0.4) is 0 Å². The topological polar surface area (TPSA) is 139 Å². The molecule has 0 aromatic heterocycles. The number of fused-ring (bicyclic) bond motifs is 4. The number of benzene rings is 1. The molecule has 2 unspecified atom stereocenters. The van der Waals surface area contributed by atoms with Gasteiger partial charge >= 0.3 is 0 Å². The van der Waals surface area contributed by atoms with Crippen molar-refractivity contribution in [1.29, 1.82) is 0 Å². The van der Waals surface area contributed by atoms with Crippen molar-refractivity contribution in [3.8, 4) is 0 Å². The van der Waals surface area contributed by atoms with Gasteiger partial charge < -0.3 is 11.1 Å². The maximum Gasteiger partial charge on any atom is 0.264 e. The number of hydrogen-bond acceptors (Lipinski definition) is 6. The van der Waals surface area contributed by atoms with E-state index in [9.17, 15) is 24.0 Å². The lowest BCUT2D eigenvalue weighted by atomic mass is 9.57. The third kappa shape index (κ3) is 2.86. The number of primary amides is 1. The van der Waals surface area contributed by atoms with E-state index >= 15 is 0 Å². The molecule has 1 aromatic rings. The number of piperidine rings is 1. The molecule has 4 N–H and O–H groups in total. The van der Waals surface area contributed by atoms with Crippen molar-refractivity contribution in [2.24, 2.45) is 17.1 Å². The Morgan fingerprint density at radius 2 is 1.84 bits per heavy atom. The molecule has 1 saturated heterocycles. The molecular weight excluding hydrogens is 400 g/mol. The van der Waals surface area contributed by atoms with Gasteiger partial charge in [-0.25, -0.2) is 0 Å². The predicted octanol–water partition coefficient (Wildman–Crippen LogP) is 0.934. The quantitative estimate of drug-likeness (QED) is 0.615. The number of carbonyl (C=O) groups is 5. The van der Waals surface area contributed by atoms with Crippen LogP contribution in [0.15, 0.2) is 18.2 Å². The third-order valence-corrected chi connectivity index (χ3v) is 7.52. The standard InChI is InChI=1S/C22H24N4O5/c23-21(31)22-8-6-11(7-9-22)10-15(22)24-13-3-1-2-12-17(13)20(30)26(19(12)29)14-4-5-16(27)25-18(14)28/h1-3,11,14-15,24H,4-10H2,(H2,23,31)(H,25,27,28). The van der Waals surface area contributed by atoms with Crippen molar-refractivity contribution in [2.75, 3.05) is 5.32 Å². The molecule has 0 radical (unpaired) electrons. The fourth-order valence-corrected chi connectivity index (χ4v) is 5.77. The smallest absolute Gasteiger partial charge is 0.264 e. The molecule has 2 atom stereocenters. The van der Waals surface area contributed by atoms with Crippen molar-refractivity contribution in [1.82, 2.24) is 10.2 Å². The normalized spacial score (nSPS) is 32.1. The second-order valence-electron chi connectivity index (χ2n) is 9.07. The summed E-state index contributed by atoms with van der Waals surface area (Å²) in [6.07, 6.45) is 4.33. The highest BCUT2D eigenvalue weighted by Gasteiger charge is 2.52. The molecule has 31 heavy (non-hydrogen) atoms. The summed E-state index contributed by atoms with van der Waals surface area (Å²) in [7, 11) is 0. The Balaban J connectivity index is 1.47. The first-order chi connectivity index (χ1) is 14.8. The Bertz CT molecular complexity index is 1030. The van der Waals surface area contributed by atoms with E-state index in [-0.39, 0.29) is 35.9 Å². The van der Waals surface area contributed by atoms with Gasteiger partial charge in [0, 0.05) is 18.2 Å². The highest BCUT2D eigenvalue weighted by molar-refractivity contribution is 6.25. The summed E-state index contributed by atoms with van der Waals surface area (Å²) < 4.78 is 0. The molecule has 5 aliphatic rings. The average molecular weight is 424 g/mol. The lowest BCUT2D eigenvalue weighted by Gasteiger charge is -2.50. The second kappa shape index (κ2) is 6.90. The van der Waals surface area contributed by atoms with E-state index in [1.54, 1.807) is 18.2 Å². The monoisotopic (exact) mass is 424 g/mol. The van der Waals surface area contributed by atoms with Crippen LogP contribution in [0.4, 0.5) is 5.69 Å². The van der Waals surface area contributed by atoms with Crippen LogP contribution in [0.2, 0.25) is 0 Å². The molecule has 0 spiro atoms. The van der Waals surface area contributed by atoms with E-state index in [2.05, 4.69) is 10.6 Å². The van der Waals surface area contributed by atoms with Crippen molar-refractivity contribution in [2.45, 2.75) is 57.0 Å². The molecule has 1 aromatic carbocycles. The van der Waals surface area contributed by atoms with E-state index in [1.165, 1.54) is 0 Å². The first kappa shape index (κ1) is 19.7. The zero-order chi connectivity index (χ0) is 21.9. The molecule has 9 nitrogen and oxygen atoms in total. The van der Waals surface area contributed by atoms with E-state index in [4.69, 9.17) is 5.73 Å². The van der Waals surface area contributed by atoms with Gasteiger partial charge in [0.2, 0.25) is 17.7 Å². The third-order valence-electron chi connectivity index (χ3n) is 7.52. The minimum absolute atomic E-state index is 0.0690. The second-order valence-corrected chi connectivity index (χ2v) is 9.07. The number of amides is 5. The lowest BCUT2D eigenvalue weighted by molar-refractivity contribution is -0.136. The van der Waals surface area contributed by atoms with E-state index < -0.39 is 35.1 Å². The first-order valence-electron chi connectivity index (χ1n) is 10.7. The number of nitrogens with zero attached hydrogens (tertiary/aromatic N) is 1. The summed E-state index contributed by atoms with van der Waals surface area (Å²) in [5.74, 6) is -1.99. The van der Waals surface area contributed by atoms with Gasteiger partial charge in [-0.1, -0.05) is 6.07 Å². The molecule has 4 fully saturated rings. The Morgan fingerprint density at radius 1 is 1.10 bits per heavy atom. The number of anilines is 1. The van der Waals surface area contributed by atoms with Crippen LogP contribution in [-0.4, -0.2) is 46.5 Å². The Hall–Kier alpha value is -3.23. The zero-order valence-electron chi connectivity index (χ0n) is 17.0. The fourth-order valence-electron chi connectivity index (χ4n) is 5.77. The van der Waals surface area contributed by atoms with Crippen LogP contribution < -0.4 is 16.4 Å². The first-order valence-corrected chi connectivity index (χ1v) is 10.7. The highest BCUT2D eigenvalue weighted by atomic mass is 16.2. The van der Waals surface area contributed by atoms with Crippen molar-refractivity contribution < 1.29 is 24.0 Å². The van der Waals surface area contributed by atoms with Crippen LogP contribution in [-0.2, 0) is 14.4 Å². The van der Waals surface area contributed by atoms with E-state index in [1.807, 2.05) is 0 Å². The highest BCUT2D eigenvalue weighted by Crippen LogP contribution is 2.51. The minimum atomic E-state index is -1.01. The SMILES string of the molecule is NC(=O)C12CCC(CC1)CC2Nc1cccc2c1C(=O)N(C1CCC(=O)NC1=O)C2=O. The fraction of sp³-hybridized carbons (Fsp3) is 0.500. The Labute approximate surface area is 178 Å². The Kier molecular flexibility index (Phi) is 4.39. The van der Waals surface area contributed by atoms with Crippen LogP contribution in [0.1, 0.15) is 65.7 Å². The molecule has 2 aliphatic heterocycles. The van der Waals surface area contributed by atoms with Crippen LogP contribution in [0.5, 0.6) is 0 Å². The minimum Gasteiger partial charge on any atom is -0.381 e. The maximum absolute atomic E-state index is 13.3. The number of nitrogens with two attached hydrogens (primary N) is 1.